The Bertz CT molecular complexity index is 570. The number of benzene rings is 2. The van der Waals surface area contributed by atoms with Crippen LogP contribution in [0.25, 0.3) is 0 Å². The largest absolute Gasteiger partial charge is 0.381 e. The molecule has 2 aromatic carbocycles. The third-order valence-corrected chi connectivity index (χ3v) is 4.64. The van der Waals surface area contributed by atoms with Gasteiger partial charge in [0.1, 0.15) is 0 Å². The molecule has 3 rings (SSSR count). The second kappa shape index (κ2) is 5.38. The lowest BCUT2D eigenvalue weighted by molar-refractivity contribution is 1.10. The van der Waals surface area contributed by atoms with E-state index < -0.39 is 0 Å². The summed E-state index contributed by atoms with van der Waals surface area (Å²) in [5.41, 5.74) is 5.30. The van der Waals surface area contributed by atoms with E-state index in [9.17, 15) is 0 Å². The molecule has 1 aliphatic carbocycles. The van der Waals surface area contributed by atoms with Crippen molar-refractivity contribution in [3.05, 3.63) is 63.6 Å². The highest BCUT2D eigenvalue weighted by atomic mass is 79.9. The van der Waals surface area contributed by atoms with Gasteiger partial charge in [0.15, 0.2) is 0 Å². The van der Waals surface area contributed by atoms with Crippen LogP contribution in [0.5, 0.6) is 0 Å². The van der Waals surface area contributed by atoms with Crippen LogP contribution in [0.2, 0.25) is 0 Å². The van der Waals surface area contributed by atoms with Gasteiger partial charge < -0.3 is 5.32 Å². The van der Waals surface area contributed by atoms with Gasteiger partial charge in [-0.1, -0.05) is 46.3 Å². The van der Waals surface area contributed by atoms with E-state index in [2.05, 4.69) is 70.6 Å². The second-order valence-electron chi connectivity index (χ2n) is 5.28. The Labute approximate surface area is 123 Å². The van der Waals surface area contributed by atoms with Gasteiger partial charge >= 0.3 is 0 Å². The fourth-order valence-corrected chi connectivity index (χ4v) is 2.69. The summed E-state index contributed by atoms with van der Waals surface area (Å²) < 4.78 is 1.15. The van der Waals surface area contributed by atoms with Crippen LogP contribution in [-0.4, -0.2) is 0 Å². The summed E-state index contributed by atoms with van der Waals surface area (Å²) in [6.45, 7) is 3.00. The maximum Gasteiger partial charge on any atom is 0.0400 e. The molecule has 2 aromatic rings. The molecule has 0 saturated heterocycles. The number of anilines is 1. The average molecular weight is 316 g/mol. The van der Waals surface area contributed by atoms with Gasteiger partial charge in [-0.05, 0) is 54.5 Å². The van der Waals surface area contributed by atoms with Crippen molar-refractivity contribution < 1.29 is 0 Å². The Balaban J connectivity index is 1.66. The maximum atomic E-state index is 3.56. The van der Waals surface area contributed by atoms with Crippen molar-refractivity contribution in [3.8, 4) is 0 Å². The first-order valence-corrected chi connectivity index (χ1v) is 7.61. The van der Waals surface area contributed by atoms with E-state index in [1.165, 1.54) is 35.2 Å². The molecule has 1 saturated carbocycles. The molecular formula is C17H18BrN. The van der Waals surface area contributed by atoms with E-state index in [-0.39, 0.29) is 0 Å². The lowest BCUT2D eigenvalue weighted by Gasteiger charge is -2.11. The molecule has 0 heterocycles. The minimum atomic E-state index is 0.842. The van der Waals surface area contributed by atoms with Gasteiger partial charge in [-0.2, -0.15) is 0 Å². The molecule has 0 spiro atoms. The molecule has 1 N–H and O–H groups in total. The first kappa shape index (κ1) is 12.7. The Kier molecular flexibility index (Phi) is 3.61. The quantitative estimate of drug-likeness (QED) is 0.812. The molecule has 1 fully saturated rings. The van der Waals surface area contributed by atoms with Crippen LogP contribution < -0.4 is 5.32 Å². The third-order valence-electron chi connectivity index (χ3n) is 3.78. The van der Waals surface area contributed by atoms with Crippen molar-refractivity contribution in [1.82, 2.24) is 0 Å². The van der Waals surface area contributed by atoms with Crippen molar-refractivity contribution >= 4 is 21.6 Å². The van der Waals surface area contributed by atoms with E-state index in [0.29, 0.717) is 0 Å². The first-order chi connectivity index (χ1) is 9.24. The third kappa shape index (κ3) is 3.01. The number of rotatable bonds is 4. The van der Waals surface area contributed by atoms with E-state index >= 15 is 0 Å². The molecule has 0 bridgehead atoms. The summed E-state index contributed by atoms with van der Waals surface area (Å²) in [6.07, 6.45) is 2.74. The molecule has 0 amide bonds. The standard InChI is InChI=1S/C17H18BrN/c1-12-16(18)3-2-4-17(12)19-11-13-5-7-14(8-6-13)15-9-10-15/h2-8,15,19H,9-11H2,1H3. The molecule has 1 nitrogen and oxygen atoms in total. The molecule has 0 radical (unpaired) electrons. The highest BCUT2D eigenvalue weighted by Gasteiger charge is 2.22. The van der Waals surface area contributed by atoms with E-state index in [1.807, 2.05) is 0 Å². The summed E-state index contributed by atoms with van der Waals surface area (Å²) in [5.74, 6) is 0.842. The highest BCUT2D eigenvalue weighted by Crippen LogP contribution is 2.39. The summed E-state index contributed by atoms with van der Waals surface area (Å²) >= 11 is 3.56. The average Bonchev–Trinajstić information content (AvgIpc) is 3.26. The predicted molar refractivity (Wildman–Crippen MR) is 84.6 cm³/mol. The molecule has 0 aliphatic heterocycles. The van der Waals surface area contributed by atoms with Crippen LogP contribution in [0.3, 0.4) is 0 Å². The molecule has 2 heteroatoms. The SMILES string of the molecule is Cc1c(Br)cccc1NCc1ccc(C2CC2)cc1. The van der Waals surface area contributed by atoms with Crippen LogP contribution in [-0.2, 0) is 6.54 Å². The lowest BCUT2D eigenvalue weighted by atomic mass is 10.1. The van der Waals surface area contributed by atoms with Gasteiger partial charge in [-0.3, -0.25) is 0 Å². The lowest BCUT2D eigenvalue weighted by Crippen LogP contribution is -2.01. The van der Waals surface area contributed by atoms with Crippen LogP contribution in [0.15, 0.2) is 46.9 Å². The van der Waals surface area contributed by atoms with Crippen molar-refractivity contribution in [2.75, 3.05) is 5.32 Å². The zero-order valence-electron chi connectivity index (χ0n) is 11.1. The highest BCUT2D eigenvalue weighted by molar-refractivity contribution is 9.10. The Hall–Kier alpha value is -1.28. The van der Waals surface area contributed by atoms with Crippen molar-refractivity contribution in [2.45, 2.75) is 32.2 Å². The number of nitrogens with one attached hydrogen (secondary N) is 1. The number of hydrogen-bond acceptors (Lipinski definition) is 1. The van der Waals surface area contributed by atoms with Gasteiger partial charge in [0.25, 0.3) is 0 Å². The Morgan fingerprint density at radius 1 is 1.11 bits per heavy atom. The van der Waals surface area contributed by atoms with Gasteiger partial charge in [-0.15, -0.1) is 0 Å². The van der Waals surface area contributed by atoms with Crippen molar-refractivity contribution in [3.63, 3.8) is 0 Å². The van der Waals surface area contributed by atoms with E-state index in [1.54, 1.807) is 0 Å². The van der Waals surface area contributed by atoms with Crippen LogP contribution >= 0.6 is 15.9 Å². The zero-order chi connectivity index (χ0) is 13.2. The summed E-state index contributed by atoms with van der Waals surface area (Å²) in [4.78, 5) is 0. The predicted octanol–water partition coefficient (Wildman–Crippen LogP) is 5.25. The smallest absolute Gasteiger partial charge is 0.0400 e. The summed E-state index contributed by atoms with van der Waals surface area (Å²) in [7, 11) is 0. The summed E-state index contributed by atoms with van der Waals surface area (Å²) in [5, 5.41) is 3.50. The van der Waals surface area contributed by atoms with Gasteiger partial charge in [0, 0.05) is 16.7 Å². The van der Waals surface area contributed by atoms with Crippen molar-refractivity contribution in [2.24, 2.45) is 0 Å². The molecule has 0 aromatic heterocycles. The normalized spacial score (nSPS) is 14.4. The minimum absolute atomic E-state index is 0.842. The van der Waals surface area contributed by atoms with Crippen LogP contribution in [0.4, 0.5) is 5.69 Å². The Morgan fingerprint density at radius 3 is 2.53 bits per heavy atom. The fraction of sp³-hybridized carbons (Fsp3) is 0.294. The molecular weight excluding hydrogens is 298 g/mol. The second-order valence-corrected chi connectivity index (χ2v) is 6.14. The topological polar surface area (TPSA) is 12.0 Å². The molecule has 98 valence electrons. The molecule has 19 heavy (non-hydrogen) atoms. The van der Waals surface area contributed by atoms with Crippen molar-refractivity contribution in [1.29, 1.82) is 0 Å². The van der Waals surface area contributed by atoms with Crippen LogP contribution in [0.1, 0.15) is 35.4 Å². The van der Waals surface area contributed by atoms with Gasteiger partial charge in [-0.25, -0.2) is 0 Å². The number of hydrogen-bond donors (Lipinski definition) is 1. The number of halogens is 1. The summed E-state index contributed by atoms with van der Waals surface area (Å²) in [6, 6.07) is 15.3. The van der Waals surface area contributed by atoms with Crippen LogP contribution in [0, 0.1) is 6.92 Å². The Morgan fingerprint density at radius 2 is 1.84 bits per heavy atom. The van der Waals surface area contributed by atoms with E-state index in [0.717, 1.165) is 16.9 Å². The minimum Gasteiger partial charge on any atom is -0.381 e. The molecule has 1 aliphatic rings. The fourth-order valence-electron chi connectivity index (χ4n) is 2.32. The molecule has 0 atom stereocenters. The van der Waals surface area contributed by atoms with E-state index in [4.69, 9.17) is 0 Å². The first-order valence-electron chi connectivity index (χ1n) is 6.82. The monoisotopic (exact) mass is 315 g/mol. The zero-order valence-corrected chi connectivity index (χ0v) is 12.7. The molecule has 0 unspecified atom stereocenters. The maximum absolute atomic E-state index is 3.56. The van der Waals surface area contributed by atoms with Gasteiger partial charge in [0.05, 0.1) is 0 Å². The van der Waals surface area contributed by atoms with Gasteiger partial charge in [0.2, 0.25) is 0 Å².